The first-order valence-corrected chi connectivity index (χ1v) is 8.42. The van der Waals surface area contributed by atoms with Crippen LogP contribution in [0.25, 0.3) is 0 Å². The van der Waals surface area contributed by atoms with Gasteiger partial charge in [-0.2, -0.15) is 0 Å². The van der Waals surface area contributed by atoms with E-state index in [0.29, 0.717) is 37.7 Å². The maximum absolute atomic E-state index is 12.6. The van der Waals surface area contributed by atoms with Crippen LogP contribution in [-0.2, 0) is 4.79 Å². The molecule has 1 aliphatic heterocycles. The highest BCUT2D eigenvalue weighted by Gasteiger charge is 2.22. The van der Waals surface area contributed by atoms with Crippen LogP contribution in [0.15, 0.2) is 36.7 Å². The van der Waals surface area contributed by atoms with E-state index in [-0.39, 0.29) is 5.91 Å². The molecule has 2 aromatic rings. The van der Waals surface area contributed by atoms with E-state index in [9.17, 15) is 9.59 Å². The van der Waals surface area contributed by atoms with Crippen molar-refractivity contribution in [3.8, 4) is 0 Å². The highest BCUT2D eigenvalue weighted by molar-refractivity contribution is 5.93. The van der Waals surface area contributed by atoms with Crippen molar-refractivity contribution < 1.29 is 9.59 Å². The second kappa shape index (κ2) is 7.81. The largest absolute Gasteiger partial charge is 0.378 e. The summed E-state index contributed by atoms with van der Waals surface area (Å²) in [5.41, 5.74) is 2.32. The Morgan fingerprint density at radius 3 is 2.42 bits per heavy atom. The van der Waals surface area contributed by atoms with Crippen molar-refractivity contribution in [1.82, 2.24) is 19.8 Å². The molecule has 8 heteroatoms. The molecule has 26 heavy (non-hydrogen) atoms. The van der Waals surface area contributed by atoms with Gasteiger partial charge in [-0.15, -0.1) is 0 Å². The van der Waals surface area contributed by atoms with Crippen molar-refractivity contribution in [1.29, 1.82) is 0 Å². The Labute approximate surface area is 152 Å². The molecule has 0 bridgehead atoms. The number of carbonyl (C=O) groups excluding carboxylic acids is 2. The Bertz CT molecular complexity index is 770. The maximum Gasteiger partial charge on any atom is 0.272 e. The molecule has 1 aromatic heterocycles. The van der Waals surface area contributed by atoms with Crippen molar-refractivity contribution in [3.05, 3.63) is 42.4 Å². The zero-order valence-electron chi connectivity index (χ0n) is 14.9. The summed E-state index contributed by atoms with van der Waals surface area (Å²) < 4.78 is 0. The highest BCUT2D eigenvalue weighted by atomic mass is 16.2. The second-order valence-electron chi connectivity index (χ2n) is 6.29. The molecule has 0 unspecified atom stereocenters. The first-order chi connectivity index (χ1) is 12.6. The minimum Gasteiger partial charge on any atom is -0.378 e. The Morgan fingerprint density at radius 1 is 1.12 bits per heavy atom. The van der Waals surface area contributed by atoms with Crippen LogP contribution in [0.5, 0.6) is 0 Å². The number of rotatable bonds is 5. The summed E-state index contributed by atoms with van der Waals surface area (Å²) in [7, 11) is 3.97. The van der Waals surface area contributed by atoms with Crippen molar-refractivity contribution in [3.63, 3.8) is 0 Å². The predicted molar refractivity (Wildman–Crippen MR) is 99.6 cm³/mol. The number of carbonyl (C=O) groups is 2. The predicted octanol–water partition coefficient (Wildman–Crippen LogP) is 1.20. The van der Waals surface area contributed by atoms with Crippen LogP contribution < -0.4 is 10.2 Å². The number of hydrogen-bond acceptors (Lipinski definition) is 6. The maximum atomic E-state index is 12.6. The fourth-order valence-corrected chi connectivity index (χ4v) is 2.73. The Morgan fingerprint density at radius 2 is 1.81 bits per heavy atom. The monoisotopic (exact) mass is 354 g/mol. The number of benzene rings is 1. The third-order valence-electron chi connectivity index (χ3n) is 4.29. The molecule has 1 N–H and O–H groups in total. The number of hydrogen-bond donors (Lipinski definition) is 1. The zero-order chi connectivity index (χ0) is 18.5. The summed E-state index contributed by atoms with van der Waals surface area (Å²) in [4.78, 5) is 37.1. The van der Waals surface area contributed by atoms with Gasteiger partial charge in [0.15, 0.2) is 0 Å². The molecular formula is C18H22N6O2. The quantitative estimate of drug-likeness (QED) is 0.813. The topological polar surface area (TPSA) is 81.7 Å². The lowest BCUT2D eigenvalue weighted by Gasteiger charge is -2.32. The van der Waals surface area contributed by atoms with E-state index in [4.69, 9.17) is 0 Å². The highest BCUT2D eigenvalue weighted by Crippen LogP contribution is 2.19. The van der Waals surface area contributed by atoms with Gasteiger partial charge in [-0.25, -0.2) is 9.97 Å². The number of nitrogens with zero attached hydrogens (tertiary/aromatic N) is 5. The molecule has 0 atom stereocenters. The van der Waals surface area contributed by atoms with E-state index in [2.05, 4.69) is 15.3 Å². The van der Waals surface area contributed by atoms with Crippen LogP contribution in [0.1, 0.15) is 10.5 Å². The average Bonchev–Trinajstić information content (AvgIpc) is 2.68. The van der Waals surface area contributed by atoms with Crippen LogP contribution in [-0.4, -0.2) is 72.4 Å². The molecule has 1 aliphatic rings. The Kier molecular flexibility index (Phi) is 5.31. The summed E-state index contributed by atoms with van der Waals surface area (Å²) >= 11 is 0. The second-order valence-corrected chi connectivity index (χ2v) is 6.29. The lowest BCUT2D eigenvalue weighted by Crippen LogP contribution is -2.48. The van der Waals surface area contributed by atoms with E-state index in [0.717, 1.165) is 17.8 Å². The summed E-state index contributed by atoms with van der Waals surface area (Å²) in [6.07, 6.45) is 2.20. The lowest BCUT2D eigenvalue weighted by atomic mass is 10.2. The minimum atomic E-state index is -0.149. The van der Waals surface area contributed by atoms with Crippen molar-refractivity contribution in [2.24, 2.45) is 0 Å². The fraction of sp³-hybridized carbons (Fsp3) is 0.333. The van der Waals surface area contributed by atoms with Gasteiger partial charge in [-0.05, 0) is 24.3 Å². The van der Waals surface area contributed by atoms with Crippen molar-refractivity contribution in [2.75, 3.05) is 50.5 Å². The number of aromatic nitrogens is 2. The smallest absolute Gasteiger partial charge is 0.272 e. The lowest BCUT2D eigenvalue weighted by molar-refractivity contribution is -0.119. The van der Waals surface area contributed by atoms with Gasteiger partial charge in [-0.1, -0.05) is 0 Å². The molecule has 0 spiro atoms. The SMILES string of the molecule is CN(C)c1ccc(Nc2cc(C(=O)N3CCN(C=O)CC3)ncn2)cc1. The van der Waals surface area contributed by atoms with Crippen LogP contribution in [0.2, 0.25) is 0 Å². The van der Waals surface area contributed by atoms with Gasteiger partial charge >= 0.3 is 0 Å². The van der Waals surface area contributed by atoms with Crippen LogP contribution in [0.3, 0.4) is 0 Å². The molecular weight excluding hydrogens is 332 g/mol. The molecule has 3 rings (SSSR count). The normalized spacial score (nSPS) is 14.1. The average molecular weight is 354 g/mol. The van der Waals surface area contributed by atoms with Gasteiger partial charge in [0, 0.05) is 57.7 Å². The molecule has 1 saturated heterocycles. The number of piperazine rings is 1. The summed E-state index contributed by atoms with van der Waals surface area (Å²) in [6.45, 7) is 2.11. The number of amides is 2. The van der Waals surface area contributed by atoms with E-state index >= 15 is 0 Å². The molecule has 2 heterocycles. The number of anilines is 3. The number of nitrogens with one attached hydrogen (secondary N) is 1. The molecule has 0 aliphatic carbocycles. The molecule has 8 nitrogen and oxygen atoms in total. The standard InChI is InChI=1S/C18H22N6O2/c1-22(2)15-5-3-14(4-6-15)21-17-11-16(19-12-20-17)18(26)24-9-7-23(13-25)8-10-24/h3-6,11-13H,7-10H2,1-2H3,(H,19,20,21). The third kappa shape index (κ3) is 4.08. The summed E-state index contributed by atoms with van der Waals surface area (Å²) in [5.74, 6) is 0.413. The van der Waals surface area contributed by atoms with Crippen LogP contribution in [0, 0.1) is 0 Å². The molecule has 1 aromatic carbocycles. The van der Waals surface area contributed by atoms with Crippen molar-refractivity contribution >= 4 is 29.5 Å². The first-order valence-electron chi connectivity index (χ1n) is 8.42. The van der Waals surface area contributed by atoms with E-state index in [1.165, 1.54) is 6.33 Å². The van der Waals surface area contributed by atoms with Gasteiger partial charge in [-0.3, -0.25) is 9.59 Å². The van der Waals surface area contributed by atoms with Gasteiger partial charge in [0.2, 0.25) is 6.41 Å². The molecule has 136 valence electrons. The first kappa shape index (κ1) is 17.7. The van der Waals surface area contributed by atoms with E-state index < -0.39 is 0 Å². The summed E-state index contributed by atoms with van der Waals surface area (Å²) in [6, 6.07) is 9.56. The Balaban J connectivity index is 1.68. The Hall–Kier alpha value is -3.16. The fourth-order valence-electron chi connectivity index (χ4n) is 2.73. The van der Waals surface area contributed by atoms with Crippen LogP contribution >= 0.6 is 0 Å². The third-order valence-corrected chi connectivity index (χ3v) is 4.29. The minimum absolute atomic E-state index is 0.149. The van der Waals surface area contributed by atoms with E-state index in [1.54, 1.807) is 15.9 Å². The molecule has 0 saturated carbocycles. The molecule has 1 fully saturated rings. The van der Waals surface area contributed by atoms with Gasteiger partial charge in [0.1, 0.15) is 17.8 Å². The van der Waals surface area contributed by atoms with Crippen LogP contribution in [0.4, 0.5) is 17.2 Å². The zero-order valence-corrected chi connectivity index (χ0v) is 14.9. The van der Waals surface area contributed by atoms with Gasteiger partial charge < -0.3 is 20.0 Å². The van der Waals surface area contributed by atoms with Crippen molar-refractivity contribution in [2.45, 2.75) is 0 Å². The van der Waals surface area contributed by atoms with E-state index in [1.807, 2.05) is 43.3 Å². The van der Waals surface area contributed by atoms with Gasteiger partial charge in [0.05, 0.1) is 0 Å². The molecule has 2 amide bonds. The summed E-state index contributed by atoms with van der Waals surface area (Å²) in [5, 5.41) is 3.19. The van der Waals surface area contributed by atoms with Gasteiger partial charge in [0.25, 0.3) is 5.91 Å². The molecule has 0 radical (unpaired) electrons.